The molecule has 0 aliphatic carbocycles. The van der Waals surface area contributed by atoms with Gasteiger partial charge in [0.2, 0.25) is 10.0 Å². The predicted octanol–water partition coefficient (Wildman–Crippen LogP) is 1.40. The summed E-state index contributed by atoms with van der Waals surface area (Å²) in [5.41, 5.74) is 2.61. The van der Waals surface area contributed by atoms with E-state index < -0.39 is 10.0 Å². The first-order valence-corrected chi connectivity index (χ1v) is 11.5. The number of aliphatic imine (C=N–C) groups is 1. The van der Waals surface area contributed by atoms with Crippen LogP contribution in [0.4, 0.5) is 0 Å². The van der Waals surface area contributed by atoms with Crippen molar-refractivity contribution in [1.82, 2.24) is 14.5 Å². The van der Waals surface area contributed by atoms with Crippen LogP contribution in [0.25, 0.3) is 5.57 Å². The minimum atomic E-state index is -3.28. The van der Waals surface area contributed by atoms with Crippen molar-refractivity contribution in [3.8, 4) is 0 Å². The molecule has 1 N–H and O–H groups in total. The van der Waals surface area contributed by atoms with Crippen LogP contribution in [0.5, 0.6) is 0 Å². The van der Waals surface area contributed by atoms with Crippen LogP contribution in [0.2, 0.25) is 0 Å². The van der Waals surface area contributed by atoms with E-state index in [1.54, 1.807) is 0 Å². The van der Waals surface area contributed by atoms with Crippen molar-refractivity contribution in [3.05, 3.63) is 42.0 Å². The van der Waals surface area contributed by atoms with Crippen LogP contribution < -0.4 is 5.32 Å². The molecule has 2 heterocycles. The number of hydrogen-bond acceptors (Lipinski definition) is 4. The van der Waals surface area contributed by atoms with Gasteiger partial charge in [0, 0.05) is 32.7 Å². The number of morpholine rings is 1. The summed E-state index contributed by atoms with van der Waals surface area (Å²) in [6.07, 6.45) is 3.18. The molecule has 0 bridgehead atoms. The second-order valence-corrected chi connectivity index (χ2v) is 8.94. The van der Waals surface area contributed by atoms with Gasteiger partial charge in [0.05, 0.1) is 25.5 Å². The molecule has 1 saturated heterocycles. The van der Waals surface area contributed by atoms with Crippen LogP contribution in [-0.2, 0) is 14.8 Å². The van der Waals surface area contributed by atoms with Crippen molar-refractivity contribution in [3.63, 3.8) is 0 Å². The standard InChI is InChI=1S/C20H30N4O3S/c1-2-21-20(22-10-17-28(25,26)24-13-15-27-16-14-24)23-11-8-19(9-12-23)18-6-4-3-5-7-18/h3-8H,2,9-17H2,1H3,(H,21,22). The second kappa shape index (κ2) is 10.0. The maximum Gasteiger partial charge on any atom is 0.216 e. The van der Waals surface area contributed by atoms with Crippen LogP contribution in [0, 0.1) is 0 Å². The van der Waals surface area contributed by atoms with Gasteiger partial charge in [-0.2, -0.15) is 4.31 Å². The molecule has 1 fully saturated rings. The Morgan fingerprint density at radius 3 is 2.57 bits per heavy atom. The van der Waals surface area contributed by atoms with Crippen LogP contribution in [0.15, 0.2) is 41.4 Å². The number of nitrogens with zero attached hydrogens (tertiary/aromatic N) is 3. The molecule has 2 aliphatic heterocycles. The van der Waals surface area contributed by atoms with E-state index in [1.807, 2.05) is 13.0 Å². The normalized spacial score (nSPS) is 19.4. The molecule has 0 amide bonds. The van der Waals surface area contributed by atoms with Gasteiger partial charge in [0.25, 0.3) is 0 Å². The lowest BCUT2D eigenvalue weighted by Gasteiger charge is -2.30. The minimum absolute atomic E-state index is 0.0286. The van der Waals surface area contributed by atoms with Gasteiger partial charge in [-0.05, 0) is 24.5 Å². The monoisotopic (exact) mass is 406 g/mol. The van der Waals surface area contributed by atoms with Crippen molar-refractivity contribution in [2.24, 2.45) is 4.99 Å². The molecular weight excluding hydrogens is 376 g/mol. The van der Waals surface area contributed by atoms with Gasteiger partial charge in [0.15, 0.2) is 5.96 Å². The summed E-state index contributed by atoms with van der Waals surface area (Å²) in [5, 5.41) is 3.29. The molecule has 1 aromatic rings. The predicted molar refractivity (Wildman–Crippen MR) is 113 cm³/mol. The number of hydrogen-bond donors (Lipinski definition) is 1. The molecule has 28 heavy (non-hydrogen) atoms. The smallest absolute Gasteiger partial charge is 0.216 e. The Balaban J connectivity index is 1.59. The zero-order valence-electron chi connectivity index (χ0n) is 16.5. The number of rotatable bonds is 6. The molecular formula is C20H30N4O3S. The minimum Gasteiger partial charge on any atom is -0.379 e. The first kappa shape index (κ1) is 20.8. The van der Waals surface area contributed by atoms with Crippen molar-refractivity contribution >= 4 is 21.6 Å². The Labute approximate surface area is 168 Å². The lowest BCUT2D eigenvalue weighted by molar-refractivity contribution is 0.0731. The summed E-state index contributed by atoms with van der Waals surface area (Å²) in [6, 6.07) is 10.4. The maximum absolute atomic E-state index is 12.5. The van der Waals surface area contributed by atoms with Gasteiger partial charge in [-0.15, -0.1) is 0 Å². The third-order valence-electron chi connectivity index (χ3n) is 4.96. The first-order valence-electron chi connectivity index (χ1n) is 9.93. The fraction of sp³-hybridized carbons (Fsp3) is 0.550. The summed E-state index contributed by atoms with van der Waals surface area (Å²) in [6.45, 7) is 6.47. The van der Waals surface area contributed by atoms with E-state index in [0.29, 0.717) is 26.3 Å². The second-order valence-electron chi connectivity index (χ2n) is 6.85. The summed E-state index contributed by atoms with van der Waals surface area (Å²) >= 11 is 0. The quantitative estimate of drug-likeness (QED) is 0.571. The highest BCUT2D eigenvalue weighted by atomic mass is 32.2. The van der Waals surface area contributed by atoms with Gasteiger partial charge >= 0.3 is 0 Å². The van der Waals surface area contributed by atoms with Crippen molar-refractivity contribution in [1.29, 1.82) is 0 Å². The molecule has 0 atom stereocenters. The molecule has 154 valence electrons. The molecule has 0 saturated carbocycles. The molecule has 0 radical (unpaired) electrons. The highest BCUT2D eigenvalue weighted by molar-refractivity contribution is 7.89. The fourth-order valence-corrected chi connectivity index (χ4v) is 4.71. The highest BCUT2D eigenvalue weighted by Crippen LogP contribution is 2.22. The maximum atomic E-state index is 12.5. The van der Waals surface area contributed by atoms with E-state index in [-0.39, 0.29) is 12.3 Å². The molecule has 7 nitrogen and oxygen atoms in total. The van der Waals surface area contributed by atoms with Gasteiger partial charge in [-0.1, -0.05) is 36.4 Å². The average Bonchev–Trinajstić information content (AvgIpc) is 2.74. The number of guanidine groups is 1. The van der Waals surface area contributed by atoms with E-state index >= 15 is 0 Å². The number of ether oxygens (including phenoxy) is 1. The molecule has 1 aromatic carbocycles. The van der Waals surface area contributed by atoms with Gasteiger partial charge < -0.3 is 15.0 Å². The topological polar surface area (TPSA) is 74.2 Å². The summed E-state index contributed by atoms with van der Waals surface area (Å²) < 4.78 is 31.7. The van der Waals surface area contributed by atoms with E-state index in [9.17, 15) is 8.42 Å². The van der Waals surface area contributed by atoms with Gasteiger partial charge in [-0.3, -0.25) is 4.99 Å². The average molecular weight is 407 g/mol. The zero-order valence-corrected chi connectivity index (χ0v) is 17.3. The lowest BCUT2D eigenvalue weighted by atomic mass is 10.00. The molecule has 0 aromatic heterocycles. The van der Waals surface area contributed by atoms with Crippen LogP contribution in [0.3, 0.4) is 0 Å². The molecule has 0 spiro atoms. The number of sulfonamides is 1. The van der Waals surface area contributed by atoms with E-state index in [4.69, 9.17) is 4.74 Å². The highest BCUT2D eigenvalue weighted by Gasteiger charge is 2.24. The third kappa shape index (κ3) is 5.56. The Hall–Kier alpha value is -1.90. The third-order valence-corrected chi connectivity index (χ3v) is 6.81. The molecule has 8 heteroatoms. The molecule has 2 aliphatic rings. The van der Waals surface area contributed by atoms with Crippen molar-refractivity contribution in [2.45, 2.75) is 13.3 Å². The Morgan fingerprint density at radius 2 is 1.93 bits per heavy atom. The zero-order chi connectivity index (χ0) is 19.8. The summed E-state index contributed by atoms with van der Waals surface area (Å²) in [7, 11) is -3.28. The van der Waals surface area contributed by atoms with Gasteiger partial charge in [-0.25, -0.2) is 8.42 Å². The Bertz CT molecular complexity index is 787. The number of benzene rings is 1. The van der Waals surface area contributed by atoms with Crippen molar-refractivity contribution < 1.29 is 13.2 Å². The summed E-state index contributed by atoms with van der Waals surface area (Å²) in [5.74, 6) is 0.809. The van der Waals surface area contributed by atoms with Crippen LogP contribution >= 0.6 is 0 Å². The fourth-order valence-electron chi connectivity index (χ4n) is 3.42. The van der Waals surface area contributed by atoms with Gasteiger partial charge in [0.1, 0.15) is 0 Å². The van der Waals surface area contributed by atoms with E-state index in [2.05, 4.69) is 45.6 Å². The molecule has 3 rings (SSSR count). The summed E-state index contributed by atoms with van der Waals surface area (Å²) in [4.78, 5) is 6.76. The van der Waals surface area contributed by atoms with Crippen LogP contribution in [-0.4, -0.2) is 81.8 Å². The Morgan fingerprint density at radius 1 is 1.18 bits per heavy atom. The number of nitrogens with one attached hydrogen (secondary N) is 1. The first-order chi connectivity index (χ1) is 13.6. The van der Waals surface area contributed by atoms with Crippen LogP contribution in [0.1, 0.15) is 18.9 Å². The van der Waals surface area contributed by atoms with E-state index in [1.165, 1.54) is 15.4 Å². The lowest BCUT2D eigenvalue weighted by Crippen LogP contribution is -2.44. The van der Waals surface area contributed by atoms with Crippen molar-refractivity contribution in [2.75, 3.05) is 58.2 Å². The SMILES string of the molecule is CCNC(=NCCS(=O)(=O)N1CCOCC1)N1CC=C(c2ccccc2)CC1. The molecule has 0 unspecified atom stereocenters. The Kier molecular flexibility index (Phi) is 7.47. The van der Waals surface area contributed by atoms with E-state index in [0.717, 1.165) is 32.0 Å². The largest absolute Gasteiger partial charge is 0.379 e.